The number of nitrogens with zero attached hydrogens (tertiary/aromatic N) is 4. The highest BCUT2D eigenvalue weighted by atomic mass is 32.2. The van der Waals surface area contributed by atoms with E-state index in [2.05, 4.69) is 45.3 Å². The Kier molecular flexibility index (Phi) is 5.41. The molecule has 2 aromatic heterocycles. The molecule has 0 spiro atoms. The van der Waals surface area contributed by atoms with Crippen molar-refractivity contribution < 1.29 is 4.79 Å². The molecule has 5 rings (SSSR count). The second-order valence-corrected chi connectivity index (χ2v) is 10.8. The quantitative estimate of drug-likeness (QED) is 0.499. The zero-order valence-electron chi connectivity index (χ0n) is 16.2. The van der Waals surface area contributed by atoms with Crippen LogP contribution in [0.4, 0.5) is 5.69 Å². The van der Waals surface area contributed by atoms with Crippen LogP contribution in [0.25, 0.3) is 10.7 Å². The Morgan fingerprint density at radius 2 is 2.03 bits per heavy atom. The van der Waals surface area contributed by atoms with Crippen molar-refractivity contribution in [1.82, 2.24) is 14.8 Å². The summed E-state index contributed by atoms with van der Waals surface area (Å²) in [4.78, 5) is 17.4. The largest absolute Gasteiger partial charge is 0.311 e. The predicted octanol–water partition coefficient (Wildman–Crippen LogP) is 5.35. The Hall–Kier alpha value is -1.77. The number of rotatable bonds is 5. The van der Waals surface area contributed by atoms with Crippen LogP contribution in [0.2, 0.25) is 0 Å². The Labute approximate surface area is 182 Å². The molecule has 0 N–H and O–H groups in total. The first kappa shape index (κ1) is 19.2. The number of carbonyl (C=O) groups is 1. The number of benzene rings is 1. The fourth-order valence-corrected chi connectivity index (χ4v) is 6.26. The van der Waals surface area contributed by atoms with Gasteiger partial charge in [0.2, 0.25) is 5.91 Å². The van der Waals surface area contributed by atoms with E-state index in [9.17, 15) is 4.79 Å². The summed E-state index contributed by atoms with van der Waals surface area (Å²) >= 11 is 5.05. The lowest BCUT2D eigenvalue weighted by Crippen LogP contribution is -2.33. The standard InChI is InChI=1S/C21H22N4OS3/c1-14-10-11-24(16-5-2-3-6-17(16)29-14)19(26)13-28-21-23-22-20(18-7-4-12-27-18)25(21)15-8-9-15/h2-7,12,14-15H,8-11,13H2,1H3. The second-order valence-electron chi connectivity index (χ2n) is 7.40. The number of thioether (sulfide) groups is 2. The third kappa shape index (κ3) is 3.98. The molecule has 1 amide bonds. The van der Waals surface area contributed by atoms with Crippen LogP contribution in [0.5, 0.6) is 0 Å². The molecule has 150 valence electrons. The number of amides is 1. The zero-order valence-corrected chi connectivity index (χ0v) is 18.6. The van der Waals surface area contributed by atoms with Gasteiger partial charge in [-0.05, 0) is 42.8 Å². The van der Waals surface area contributed by atoms with Gasteiger partial charge in [0, 0.05) is 22.7 Å². The highest BCUT2D eigenvalue weighted by Gasteiger charge is 2.31. The molecule has 8 heteroatoms. The van der Waals surface area contributed by atoms with Gasteiger partial charge >= 0.3 is 0 Å². The van der Waals surface area contributed by atoms with Crippen LogP contribution in [0.3, 0.4) is 0 Å². The number of anilines is 1. The third-order valence-corrected chi connectivity index (χ3v) is 8.22. The van der Waals surface area contributed by atoms with Gasteiger partial charge in [0.25, 0.3) is 0 Å². The monoisotopic (exact) mass is 442 g/mol. The van der Waals surface area contributed by atoms with E-state index in [4.69, 9.17) is 0 Å². The molecule has 1 unspecified atom stereocenters. The van der Waals surface area contributed by atoms with Gasteiger partial charge in [0.05, 0.1) is 16.3 Å². The predicted molar refractivity (Wildman–Crippen MR) is 121 cm³/mol. The van der Waals surface area contributed by atoms with E-state index in [0.717, 1.165) is 47.4 Å². The van der Waals surface area contributed by atoms with Crippen molar-refractivity contribution >= 4 is 46.5 Å². The fourth-order valence-electron chi connectivity index (χ4n) is 3.56. The number of para-hydroxylation sites is 1. The summed E-state index contributed by atoms with van der Waals surface area (Å²) in [6.45, 7) is 2.99. The first-order valence-electron chi connectivity index (χ1n) is 9.88. The highest BCUT2D eigenvalue weighted by molar-refractivity contribution is 8.00. The van der Waals surface area contributed by atoms with Gasteiger partial charge in [-0.15, -0.1) is 33.3 Å². The third-order valence-electron chi connectivity index (χ3n) is 5.19. The van der Waals surface area contributed by atoms with E-state index in [1.165, 1.54) is 16.7 Å². The number of hydrogen-bond acceptors (Lipinski definition) is 6. The van der Waals surface area contributed by atoms with Crippen LogP contribution in [0.1, 0.15) is 32.2 Å². The van der Waals surface area contributed by atoms with E-state index in [1.54, 1.807) is 11.3 Å². The molecule has 1 aliphatic heterocycles. The molecule has 3 heterocycles. The molecule has 3 aromatic rings. The Balaban J connectivity index is 1.35. The molecule has 1 saturated carbocycles. The molecule has 1 aliphatic carbocycles. The molecular formula is C21H22N4OS3. The van der Waals surface area contributed by atoms with Crippen LogP contribution < -0.4 is 4.90 Å². The van der Waals surface area contributed by atoms with Gasteiger partial charge in [0.15, 0.2) is 11.0 Å². The van der Waals surface area contributed by atoms with Gasteiger partial charge in [-0.2, -0.15) is 0 Å². The summed E-state index contributed by atoms with van der Waals surface area (Å²) in [6, 6.07) is 12.8. The first-order valence-corrected chi connectivity index (χ1v) is 12.6. The van der Waals surface area contributed by atoms with Crippen LogP contribution in [0.15, 0.2) is 51.8 Å². The number of hydrogen-bond donors (Lipinski definition) is 0. The first-order chi connectivity index (χ1) is 14.2. The molecule has 1 aromatic carbocycles. The van der Waals surface area contributed by atoms with Crippen molar-refractivity contribution in [2.45, 2.75) is 47.5 Å². The summed E-state index contributed by atoms with van der Waals surface area (Å²) in [5, 5.41) is 12.3. The summed E-state index contributed by atoms with van der Waals surface area (Å²) in [6.07, 6.45) is 3.32. The summed E-state index contributed by atoms with van der Waals surface area (Å²) < 4.78 is 2.23. The van der Waals surface area contributed by atoms with Crippen LogP contribution in [-0.2, 0) is 4.79 Å². The molecule has 0 radical (unpaired) electrons. The van der Waals surface area contributed by atoms with Crippen LogP contribution in [0, 0.1) is 0 Å². The Morgan fingerprint density at radius 3 is 2.83 bits per heavy atom. The number of aromatic nitrogens is 3. The molecule has 1 atom stereocenters. The molecule has 5 nitrogen and oxygen atoms in total. The summed E-state index contributed by atoms with van der Waals surface area (Å²) in [7, 11) is 0. The van der Waals surface area contributed by atoms with Crippen LogP contribution in [-0.4, -0.2) is 38.2 Å². The Bertz CT molecular complexity index is 1010. The minimum absolute atomic E-state index is 0.139. The molecule has 29 heavy (non-hydrogen) atoms. The van der Waals surface area contributed by atoms with E-state index in [0.29, 0.717) is 17.0 Å². The molecule has 0 saturated heterocycles. The highest BCUT2D eigenvalue weighted by Crippen LogP contribution is 2.42. The lowest BCUT2D eigenvalue weighted by Gasteiger charge is -2.22. The maximum atomic E-state index is 13.2. The van der Waals surface area contributed by atoms with Crippen molar-refractivity contribution in [2.75, 3.05) is 17.2 Å². The summed E-state index contributed by atoms with van der Waals surface area (Å²) in [5.74, 6) is 1.45. The van der Waals surface area contributed by atoms with Gasteiger partial charge in [0.1, 0.15) is 0 Å². The average Bonchev–Trinajstić information content (AvgIpc) is 3.29. The lowest BCUT2D eigenvalue weighted by atomic mass is 10.2. The molecule has 2 aliphatic rings. The van der Waals surface area contributed by atoms with E-state index in [-0.39, 0.29) is 5.91 Å². The van der Waals surface area contributed by atoms with E-state index >= 15 is 0 Å². The average molecular weight is 443 g/mol. The zero-order chi connectivity index (χ0) is 19.8. The van der Waals surface area contributed by atoms with Crippen molar-refractivity contribution in [3.8, 4) is 10.7 Å². The SMILES string of the molecule is CC1CCN(C(=O)CSc2nnc(-c3cccs3)n2C2CC2)c2ccccc2S1. The number of thiophene rings is 1. The smallest absolute Gasteiger partial charge is 0.237 e. The minimum atomic E-state index is 0.139. The van der Waals surface area contributed by atoms with Gasteiger partial charge in [-0.1, -0.05) is 36.9 Å². The number of carbonyl (C=O) groups excluding carboxylic acids is 1. The second kappa shape index (κ2) is 8.16. The van der Waals surface area contributed by atoms with Crippen LogP contribution >= 0.6 is 34.9 Å². The molecular weight excluding hydrogens is 420 g/mol. The topological polar surface area (TPSA) is 51.0 Å². The fraction of sp³-hybridized carbons (Fsp3) is 0.381. The van der Waals surface area contributed by atoms with E-state index < -0.39 is 0 Å². The maximum Gasteiger partial charge on any atom is 0.237 e. The normalized spacial score (nSPS) is 19.1. The maximum absolute atomic E-state index is 13.2. The molecule has 1 fully saturated rings. The van der Waals surface area contributed by atoms with Gasteiger partial charge in [-0.3, -0.25) is 9.36 Å². The van der Waals surface area contributed by atoms with Crippen molar-refractivity contribution in [3.63, 3.8) is 0 Å². The summed E-state index contributed by atoms with van der Waals surface area (Å²) in [5.41, 5.74) is 1.04. The Morgan fingerprint density at radius 1 is 1.17 bits per heavy atom. The minimum Gasteiger partial charge on any atom is -0.311 e. The van der Waals surface area contributed by atoms with E-state index in [1.807, 2.05) is 34.9 Å². The van der Waals surface area contributed by atoms with Gasteiger partial charge < -0.3 is 4.90 Å². The molecule has 0 bridgehead atoms. The van der Waals surface area contributed by atoms with Crippen molar-refractivity contribution in [3.05, 3.63) is 41.8 Å². The lowest BCUT2D eigenvalue weighted by molar-refractivity contribution is -0.116. The van der Waals surface area contributed by atoms with Crippen molar-refractivity contribution in [1.29, 1.82) is 0 Å². The number of fused-ring (bicyclic) bond motifs is 1. The van der Waals surface area contributed by atoms with Crippen molar-refractivity contribution in [2.24, 2.45) is 0 Å². The van der Waals surface area contributed by atoms with Gasteiger partial charge in [-0.25, -0.2) is 0 Å².